The van der Waals surface area contributed by atoms with E-state index in [0.717, 1.165) is 49.9 Å². The molecule has 4 atom stereocenters. The minimum atomic E-state index is -1.61. The third-order valence-electron chi connectivity index (χ3n) is 11.0. The number of rotatable bonds is 17. The van der Waals surface area contributed by atoms with E-state index in [0.29, 0.717) is 28.3 Å². The van der Waals surface area contributed by atoms with Crippen LogP contribution in [0.15, 0.2) is 37.4 Å². The molecular weight excluding hydrogens is 746 g/mol. The highest BCUT2D eigenvalue weighted by Gasteiger charge is 2.32. The molecule has 7 N–H and O–H groups in total. The molecule has 2 aliphatic heterocycles. The third-order valence-corrected chi connectivity index (χ3v) is 11.0. The van der Waals surface area contributed by atoms with Gasteiger partial charge in [0.25, 0.3) is 0 Å². The lowest BCUT2D eigenvalue weighted by atomic mass is 9.85. The van der Waals surface area contributed by atoms with Crippen molar-refractivity contribution in [1.82, 2.24) is 25.3 Å². The molecule has 0 fully saturated rings. The number of fused-ring (bicyclic) bond motifs is 8. The molecule has 304 valence electrons. The van der Waals surface area contributed by atoms with E-state index >= 15 is 0 Å². The fourth-order valence-corrected chi connectivity index (χ4v) is 7.65. The minimum absolute atomic E-state index is 0.0287. The van der Waals surface area contributed by atoms with Crippen LogP contribution in [-0.2, 0) is 28.8 Å². The van der Waals surface area contributed by atoms with Gasteiger partial charge < -0.3 is 35.7 Å². The van der Waals surface area contributed by atoms with Crippen LogP contribution in [0.4, 0.5) is 0 Å². The van der Waals surface area contributed by atoms with Gasteiger partial charge in [-0.25, -0.2) is 9.78 Å². The number of carboxylic acids is 4. The van der Waals surface area contributed by atoms with Crippen molar-refractivity contribution in [2.45, 2.75) is 90.5 Å². The molecular formula is C43H47N5O10. The number of hydrogen-bond donors (Lipinski definition) is 7. The molecule has 3 aromatic rings. The van der Waals surface area contributed by atoms with Crippen LogP contribution in [0.5, 0.6) is 0 Å². The second-order valence-corrected chi connectivity index (χ2v) is 14.8. The summed E-state index contributed by atoms with van der Waals surface area (Å²) in [5, 5.41) is 39.7. The zero-order valence-electron chi connectivity index (χ0n) is 32.8. The lowest BCUT2D eigenvalue weighted by Crippen LogP contribution is -2.42. The Kier molecular flexibility index (Phi) is 12.9. The second-order valence-electron chi connectivity index (χ2n) is 14.8. The summed E-state index contributed by atoms with van der Waals surface area (Å²) < 4.78 is 0. The number of aromatic nitrogens is 4. The first-order valence-electron chi connectivity index (χ1n) is 18.8. The van der Waals surface area contributed by atoms with Gasteiger partial charge in [0.1, 0.15) is 11.8 Å². The number of nitrogens with one attached hydrogen (secondary N) is 3. The summed E-state index contributed by atoms with van der Waals surface area (Å²) in [4.78, 5) is 89.2. The Labute approximate surface area is 333 Å². The molecule has 2 aliphatic rings. The van der Waals surface area contributed by atoms with Gasteiger partial charge in [0, 0.05) is 75.7 Å². The molecule has 3 unspecified atom stereocenters. The number of carbonyl (C=O) groups excluding carboxylic acids is 2. The predicted octanol–water partition coefficient (Wildman–Crippen LogP) is 6.77. The van der Waals surface area contributed by atoms with Crippen LogP contribution in [0.2, 0.25) is 0 Å². The number of carbonyl (C=O) groups is 6. The van der Waals surface area contributed by atoms with E-state index in [1.807, 2.05) is 45.9 Å². The summed E-state index contributed by atoms with van der Waals surface area (Å²) in [6.45, 7) is 15.9. The first kappa shape index (κ1) is 42.5. The van der Waals surface area contributed by atoms with E-state index in [4.69, 9.17) is 15.1 Å². The summed E-state index contributed by atoms with van der Waals surface area (Å²) in [6.07, 6.45) is 1.83. The van der Waals surface area contributed by atoms with Crippen molar-refractivity contribution >= 4 is 80.9 Å². The summed E-state index contributed by atoms with van der Waals surface area (Å²) >= 11 is 0. The van der Waals surface area contributed by atoms with E-state index < -0.39 is 61.0 Å². The van der Waals surface area contributed by atoms with Crippen LogP contribution >= 0.6 is 0 Å². The van der Waals surface area contributed by atoms with Gasteiger partial charge >= 0.3 is 23.9 Å². The van der Waals surface area contributed by atoms with Crippen LogP contribution < -0.4 is 5.32 Å². The van der Waals surface area contributed by atoms with Gasteiger partial charge in [0.05, 0.1) is 30.1 Å². The van der Waals surface area contributed by atoms with Crippen molar-refractivity contribution in [1.29, 1.82) is 0 Å². The number of Topliss-reactive ketones (excluding diaryl/α,β-unsaturated/α-hetero) is 1. The first-order chi connectivity index (χ1) is 27.4. The Hall–Kier alpha value is -6.64. The Balaban J connectivity index is 1.68. The number of allylic oxidation sites excluding steroid dienone is 2. The zero-order valence-corrected chi connectivity index (χ0v) is 32.8. The summed E-state index contributed by atoms with van der Waals surface area (Å²) in [5.41, 5.74) is 10.6. The van der Waals surface area contributed by atoms with Crippen LogP contribution in [0.3, 0.4) is 0 Å². The topological polar surface area (TPSA) is 253 Å². The van der Waals surface area contributed by atoms with Crippen molar-refractivity contribution in [2.75, 3.05) is 0 Å². The maximum atomic E-state index is 13.2. The molecule has 0 aliphatic carbocycles. The molecule has 58 heavy (non-hydrogen) atoms. The number of aryl methyl sites for hydroxylation is 2. The van der Waals surface area contributed by atoms with Crippen LogP contribution in [0.1, 0.15) is 116 Å². The molecule has 3 aromatic heterocycles. The van der Waals surface area contributed by atoms with Gasteiger partial charge in [-0.05, 0) is 80.2 Å². The molecule has 0 aromatic carbocycles. The Morgan fingerprint density at radius 3 is 1.91 bits per heavy atom. The van der Waals surface area contributed by atoms with E-state index in [9.17, 15) is 44.1 Å². The number of carboxylic acid groups (broad SMARTS) is 4. The average Bonchev–Trinajstić information content (AvgIpc) is 3.81. The van der Waals surface area contributed by atoms with Gasteiger partial charge in [-0.1, -0.05) is 32.2 Å². The average molecular weight is 794 g/mol. The Bertz CT molecular complexity index is 2440. The maximum absolute atomic E-state index is 13.2. The van der Waals surface area contributed by atoms with Crippen molar-refractivity contribution in [2.24, 2.45) is 5.92 Å². The number of ketones is 1. The molecule has 0 saturated heterocycles. The molecule has 0 saturated carbocycles. The number of amides is 1. The number of aromatic amines is 2. The molecule has 8 bridgehead atoms. The second kappa shape index (κ2) is 17.7. The summed E-state index contributed by atoms with van der Waals surface area (Å²) in [7, 11) is 0. The molecule has 0 radical (unpaired) electrons. The number of hydrogen-bond acceptors (Lipinski definition) is 8. The summed E-state index contributed by atoms with van der Waals surface area (Å²) in [6, 6.07) is 6.02. The molecule has 5 rings (SSSR count). The molecule has 15 nitrogen and oxygen atoms in total. The SMILES string of the molecule is C=Cc1c(C)c2cc3[nH]c(cc4nc(cc5nc(cc1[nH]2)C(C)=C5CCC(=O)N[C@@H](CC(=O)O)C(=O)O)C(CCC(=O)CC(CC(=O)O)C(=O)O)C4C)c(C)c3C=C. The fourth-order valence-electron chi connectivity index (χ4n) is 7.65. The van der Waals surface area contributed by atoms with E-state index in [2.05, 4.69) is 28.4 Å². The lowest BCUT2D eigenvalue weighted by Gasteiger charge is -2.16. The van der Waals surface area contributed by atoms with E-state index in [-0.39, 0.29) is 43.3 Å². The van der Waals surface area contributed by atoms with Gasteiger partial charge in [0.2, 0.25) is 5.91 Å². The number of aliphatic carboxylic acids is 4. The quantitative estimate of drug-likeness (QED) is 0.0747. The van der Waals surface area contributed by atoms with Gasteiger partial charge in [-0.2, -0.15) is 0 Å². The molecule has 1 amide bonds. The van der Waals surface area contributed by atoms with Crippen LogP contribution in [0.25, 0.3) is 45.4 Å². The number of H-pyrrole nitrogens is 2. The third kappa shape index (κ3) is 9.31. The lowest BCUT2D eigenvalue weighted by molar-refractivity contribution is -0.149. The van der Waals surface area contributed by atoms with Crippen molar-refractivity contribution in [3.05, 3.63) is 82.5 Å². The number of nitrogens with zero attached hydrogens (tertiary/aromatic N) is 2. The molecule has 0 spiro atoms. The highest BCUT2D eigenvalue weighted by Crippen LogP contribution is 2.42. The summed E-state index contributed by atoms with van der Waals surface area (Å²) in [5.74, 6) is -8.49. The van der Waals surface area contributed by atoms with Gasteiger partial charge in [-0.3, -0.25) is 29.0 Å². The minimum Gasteiger partial charge on any atom is -0.481 e. The largest absolute Gasteiger partial charge is 0.481 e. The monoisotopic (exact) mass is 793 g/mol. The normalized spacial score (nSPS) is 16.0. The van der Waals surface area contributed by atoms with E-state index in [1.165, 1.54) is 0 Å². The zero-order chi connectivity index (χ0) is 42.6. The smallest absolute Gasteiger partial charge is 0.326 e. The van der Waals surface area contributed by atoms with Crippen molar-refractivity contribution in [3.8, 4) is 0 Å². The maximum Gasteiger partial charge on any atom is 0.326 e. The highest BCUT2D eigenvalue weighted by atomic mass is 16.4. The van der Waals surface area contributed by atoms with Crippen LogP contribution in [0, 0.1) is 19.8 Å². The van der Waals surface area contributed by atoms with Gasteiger partial charge in [-0.15, -0.1) is 0 Å². The molecule has 15 heteroatoms. The standard InChI is InChI=1S/C43H47N5O10/c1-7-26-20(3)30-15-31-22(5)28(10-9-25(49)13-24(42(55)56)14-40(51)52)36(46-31)18-37-29(11-12-39(50)48-38(43(57)58)19-41(53)54)23(6)33(47-37)17-35-27(8-2)21(4)32(45-35)16-34(26)44-30/h7-8,15-18,22,24,28,38,44-45H,1-2,9-14,19H2,3-6H3,(H,48,50)(H,51,52)(H,53,54)(H,55,56)(H,57,58)/t22?,24?,28?,38-/m0/s1. The first-order valence-corrected chi connectivity index (χ1v) is 18.8. The Morgan fingerprint density at radius 2 is 1.34 bits per heavy atom. The Morgan fingerprint density at radius 1 is 0.741 bits per heavy atom. The predicted molar refractivity (Wildman–Crippen MR) is 218 cm³/mol. The highest BCUT2D eigenvalue weighted by molar-refractivity contribution is 5.95. The fraction of sp³-hybridized carbons (Fsp3) is 0.349. The van der Waals surface area contributed by atoms with Crippen molar-refractivity contribution in [3.63, 3.8) is 0 Å². The van der Waals surface area contributed by atoms with E-state index in [1.54, 1.807) is 18.2 Å². The van der Waals surface area contributed by atoms with Crippen molar-refractivity contribution < 1.29 is 49.2 Å². The molecule has 5 heterocycles. The van der Waals surface area contributed by atoms with Crippen LogP contribution in [-0.4, -0.2) is 82.0 Å². The van der Waals surface area contributed by atoms with Gasteiger partial charge in [0.15, 0.2) is 0 Å².